The van der Waals surface area contributed by atoms with E-state index in [2.05, 4.69) is 36.5 Å². The minimum Gasteiger partial charge on any atom is -0.377 e. The van der Waals surface area contributed by atoms with Crippen LogP contribution in [0.15, 0.2) is 5.38 Å². The van der Waals surface area contributed by atoms with Gasteiger partial charge in [-0.15, -0.1) is 11.3 Å². The normalized spacial score (nSPS) is 25.5. The number of thiazole rings is 1. The van der Waals surface area contributed by atoms with Gasteiger partial charge >= 0.3 is 0 Å². The Hall–Kier alpha value is -0.450. The van der Waals surface area contributed by atoms with Gasteiger partial charge in [0.2, 0.25) is 0 Å². The highest BCUT2D eigenvalue weighted by Gasteiger charge is 2.23. The summed E-state index contributed by atoms with van der Waals surface area (Å²) in [5.74, 6) is 0.535. The van der Waals surface area contributed by atoms with E-state index in [1.807, 2.05) is 0 Å². The van der Waals surface area contributed by atoms with Crippen molar-refractivity contribution in [1.82, 2.24) is 10.3 Å². The zero-order chi connectivity index (χ0) is 11.5. The van der Waals surface area contributed by atoms with Gasteiger partial charge in [0.15, 0.2) is 0 Å². The molecule has 0 saturated carbocycles. The van der Waals surface area contributed by atoms with Crippen LogP contribution in [0.1, 0.15) is 43.8 Å². The molecule has 1 aliphatic rings. The van der Waals surface area contributed by atoms with E-state index >= 15 is 0 Å². The fourth-order valence-electron chi connectivity index (χ4n) is 1.90. The van der Waals surface area contributed by atoms with Crippen molar-refractivity contribution in [2.45, 2.75) is 51.8 Å². The monoisotopic (exact) mass is 240 g/mol. The quantitative estimate of drug-likeness (QED) is 0.878. The van der Waals surface area contributed by atoms with Crippen molar-refractivity contribution in [3.63, 3.8) is 0 Å². The lowest BCUT2D eigenvalue weighted by Crippen LogP contribution is -2.34. The first-order valence-electron chi connectivity index (χ1n) is 5.96. The van der Waals surface area contributed by atoms with Gasteiger partial charge in [0.25, 0.3) is 0 Å². The van der Waals surface area contributed by atoms with Crippen LogP contribution in [0.3, 0.4) is 0 Å². The van der Waals surface area contributed by atoms with E-state index in [4.69, 9.17) is 4.74 Å². The molecule has 1 fully saturated rings. The molecule has 4 heteroatoms. The van der Waals surface area contributed by atoms with Crippen LogP contribution in [-0.2, 0) is 11.3 Å². The predicted molar refractivity (Wildman–Crippen MR) is 66.9 cm³/mol. The van der Waals surface area contributed by atoms with E-state index in [1.165, 1.54) is 5.01 Å². The van der Waals surface area contributed by atoms with Crippen molar-refractivity contribution in [1.29, 1.82) is 0 Å². The fraction of sp³-hybridized carbons (Fsp3) is 0.750. The Labute approximate surface area is 101 Å². The Bertz CT molecular complexity index is 338. The minimum atomic E-state index is 0.336. The molecule has 3 nitrogen and oxygen atoms in total. The summed E-state index contributed by atoms with van der Waals surface area (Å²) >= 11 is 1.76. The maximum atomic E-state index is 5.52. The average molecular weight is 240 g/mol. The van der Waals surface area contributed by atoms with Gasteiger partial charge < -0.3 is 10.1 Å². The maximum absolute atomic E-state index is 5.52. The van der Waals surface area contributed by atoms with Gasteiger partial charge in [-0.3, -0.25) is 0 Å². The Kier molecular flexibility index (Phi) is 3.95. The molecular weight excluding hydrogens is 220 g/mol. The molecule has 2 heterocycles. The van der Waals surface area contributed by atoms with Gasteiger partial charge in [0.1, 0.15) is 0 Å². The number of nitrogens with one attached hydrogen (secondary N) is 1. The molecule has 0 aromatic carbocycles. The molecule has 0 aliphatic carbocycles. The molecule has 0 radical (unpaired) electrons. The van der Waals surface area contributed by atoms with Crippen molar-refractivity contribution in [3.8, 4) is 0 Å². The molecule has 16 heavy (non-hydrogen) atoms. The lowest BCUT2D eigenvalue weighted by atomic mass is 10.1. The molecule has 2 rings (SSSR count). The van der Waals surface area contributed by atoms with Crippen LogP contribution >= 0.6 is 11.3 Å². The van der Waals surface area contributed by atoms with E-state index in [9.17, 15) is 0 Å². The van der Waals surface area contributed by atoms with Gasteiger partial charge in [-0.2, -0.15) is 0 Å². The summed E-state index contributed by atoms with van der Waals surface area (Å²) in [6.07, 6.45) is 1.45. The molecule has 1 saturated heterocycles. The molecule has 1 aromatic heterocycles. The Morgan fingerprint density at radius 3 is 3.00 bits per heavy atom. The Balaban J connectivity index is 1.84. The van der Waals surface area contributed by atoms with Crippen LogP contribution in [0.4, 0.5) is 0 Å². The number of rotatable bonds is 4. The molecular formula is C12H20N2OS. The van der Waals surface area contributed by atoms with Gasteiger partial charge in [-0.1, -0.05) is 13.8 Å². The van der Waals surface area contributed by atoms with Crippen LogP contribution in [0.2, 0.25) is 0 Å². The molecule has 2 unspecified atom stereocenters. The second kappa shape index (κ2) is 5.25. The number of hydrogen-bond acceptors (Lipinski definition) is 4. The lowest BCUT2D eigenvalue weighted by molar-refractivity contribution is 0.113. The fourth-order valence-corrected chi connectivity index (χ4v) is 2.74. The topological polar surface area (TPSA) is 34.2 Å². The van der Waals surface area contributed by atoms with Gasteiger partial charge in [0.05, 0.1) is 16.8 Å². The zero-order valence-corrected chi connectivity index (χ0v) is 11.0. The van der Waals surface area contributed by atoms with Gasteiger partial charge in [-0.25, -0.2) is 4.98 Å². The molecule has 1 aliphatic heterocycles. The summed E-state index contributed by atoms with van der Waals surface area (Å²) in [6, 6.07) is 0.490. The largest absolute Gasteiger partial charge is 0.377 e. The van der Waals surface area contributed by atoms with Crippen molar-refractivity contribution < 1.29 is 4.74 Å². The first kappa shape index (κ1) is 12.0. The SMILES string of the molecule is CC(C)c1nc(CNC2CCOC2C)cs1. The highest BCUT2D eigenvalue weighted by molar-refractivity contribution is 7.09. The van der Waals surface area contributed by atoms with Gasteiger partial charge in [0, 0.05) is 30.5 Å². The second-order valence-electron chi connectivity index (χ2n) is 4.68. The van der Waals surface area contributed by atoms with Gasteiger partial charge in [-0.05, 0) is 13.3 Å². The van der Waals surface area contributed by atoms with Crippen molar-refractivity contribution in [2.75, 3.05) is 6.61 Å². The third-order valence-corrected chi connectivity index (χ3v) is 4.18. The number of ether oxygens (including phenoxy) is 1. The van der Waals surface area contributed by atoms with E-state index < -0.39 is 0 Å². The molecule has 2 atom stereocenters. The molecule has 1 N–H and O–H groups in total. The first-order chi connectivity index (χ1) is 7.66. The average Bonchev–Trinajstić information content (AvgIpc) is 2.83. The van der Waals surface area contributed by atoms with Crippen molar-refractivity contribution in [3.05, 3.63) is 16.1 Å². The van der Waals surface area contributed by atoms with Crippen LogP contribution in [0.5, 0.6) is 0 Å². The zero-order valence-electron chi connectivity index (χ0n) is 10.2. The molecule has 90 valence electrons. The van der Waals surface area contributed by atoms with Crippen LogP contribution in [0, 0.1) is 0 Å². The summed E-state index contributed by atoms with van der Waals surface area (Å²) in [5.41, 5.74) is 1.16. The number of nitrogens with zero attached hydrogens (tertiary/aromatic N) is 1. The standard InChI is InChI=1S/C12H20N2OS/c1-8(2)12-14-10(7-16-12)6-13-11-4-5-15-9(11)3/h7-9,11,13H,4-6H2,1-3H3. The van der Waals surface area contributed by atoms with E-state index in [0.29, 0.717) is 18.1 Å². The van der Waals surface area contributed by atoms with Crippen LogP contribution in [-0.4, -0.2) is 23.7 Å². The van der Waals surface area contributed by atoms with Crippen molar-refractivity contribution in [2.24, 2.45) is 0 Å². The van der Waals surface area contributed by atoms with Crippen LogP contribution in [0.25, 0.3) is 0 Å². The smallest absolute Gasteiger partial charge is 0.0954 e. The second-order valence-corrected chi connectivity index (χ2v) is 5.57. The Morgan fingerprint density at radius 2 is 2.44 bits per heavy atom. The molecule has 0 spiro atoms. The summed E-state index contributed by atoms with van der Waals surface area (Å²) in [5, 5.41) is 6.90. The molecule has 0 bridgehead atoms. The summed E-state index contributed by atoms with van der Waals surface area (Å²) < 4.78 is 5.52. The Morgan fingerprint density at radius 1 is 1.62 bits per heavy atom. The third kappa shape index (κ3) is 2.81. The first-order valence-corrected chi connectivity index (χ1v) is 6.84. The van der Waals surface area contributed by atoms with E-state index in [-0.39, 0.29) is 0 Å². The summed E-state index contributed by atoms with van der Waals surface area (Å²) in [7, 11) is 0. The highest BCUT2D eigenvalue weighted by atomic mass is 32.1. The van der Waals surface area contributed by atoms with Crippen LogP contribution < -0.4 is 5.32 Å². The molecule has 0 amide bonds. The maximum Gasteiger partial charge on any atom is 0.0954 e. The molecule has 1 aromatic rings. The minimum absolute atomic E-state index is 0.336. The van der Waals surface area contributed by atoms with E-state index in [0.717, 1.165) is 25.3 Å². The lowest BCUT2D eigenvalue weighted by Gasteiger charge is -2.14. The van der Waals surface area contributed by atoms with Crippen molar-refractivity contribution >= 4 is 11.3 Å². The summed E-state index contributed by atoms with van der Waals surface area (Å²) in [6.45, 7) is 8.24. The summed E-state index contributed by atoms with van der Waals surface area (Å²) in [4.78, 5) is 4.61. The van der Waals surface area contributed by atoms with E-state index in [1.54, 1.807) is 11.3 Å². The predicted octanol–water partition coefficient (Wildman–Crippen LogP) is 2.53. The highest BCUT2D eigenvalue weighted by Crippen LogP contribution is 2.19. The third-order valence-electron chi connectivity index (χ3n) is 2.99. The number of aromatic nitrogens is 1. The number of hydrogen-bond donors (Lipinski definition) is 1.